The Balaban J connectivity index is 2.39. The van der Waals surface area contributed by atoms with Crippen LogP contribution in [0, 0.1) is 0 Å². The molecule has 13 heavy (non-hydrogen) atoms. The largest absolute Gasteiger partial charge is 0.331 e. The number of aryl methyl sites for hydroxylation is 1. The van der Waals surface area contributed by atoms with Crippen molar-refractivity contribution in [2.45, 2.75) is 0 Å². The number of aromatic nitrogens is 5. The number of nitrogens with zero attached hydrogens (tertiary/aromatic N) is 4. The molecule has 6 heteroatoms. The molecule has 2 aromatic rings. The van der Waals surface area contributed by atoms with Crippen LogP contribution in [0.25, 0.3) is 0 Å². The molecule has 1 N–H and O–H groups in total. The van der Waals surface area contributed by atoms with Crippen LogP contribution in [0.1, 0.15) is 16.3 Å². The molecular weight excluding hydrogens is 170 g/mol. The van der Waals surface area contributed by atoms with Gasteiger partial charge in [0.1, 0.15) is 0 Å². The van der Waals surface area contributed by atoms with Crippen LogP contribution in [0.4, 0.5) is 0 Å². The molecule has 0 unspecified atom stereocenters. The highest BCUT2D eigenvalue weighted by atomic mass is 16.1. The predicted octanol–water partition coefficient (Wildman–Crippen LogP) is -0.231. The van der Waals surface area contributed by atoms with Gasteiger partial charge in [0, 0.05) is 19.4 Å². The number of aromatic amines is 1. The molecule has 2 heterocycles. The van der Waals surface area contributed by atoms with Gasteiger partial charge in [-0.2, -0.15) is 15.4 Å². The fourth-order valence-electron chi connectivity index (χ4n) is 1.01. The third kappa shape index (κ3) is 1.22. The lowest BCUT2D eigenvalue weighted by Gasteiger charge is -1.95. The van der Waals surface area contributed by atoms with E-state index in [1.54, 1.807) is 24.0 Å². The average molecular weight is 177 g/mol. The molecule has 2 aromatic heterocycles. The number of H-pyrrole nitrogens is 1. The van der Waals surface area contributed by atoms with Crippen molar-refractivity contribution in [2.24, 2.45) is 7.05 Å². The van der Waals surface area contributed by atoms with Crippen molar-refractivity contribution in [3.05, 3.63) is 30.1 Å². The zero-order valence-corrected chi connectivity index (χ0v) is 6.93. The first kappa shape index (κ1) is 7.66. The Morgan fingerprint density at radius 2 is 2.46 bits per heavy atom. The maximum absolute atomic E-state index is 11.6. The van der Waals surface area contributed by atoms with Crippen molar-refractivity contribution in [1.29, 1.82) is 0 Å². The summed E-state index contributed by atoms with van der Waals surface area (Å²) in [6.45, 7) is 0. The molecule has 0 bridgehead atoms. The van der Waals surface area contributed by atoms with Crippen molar-refractivity contribution in [3.8, 4) is 0 Å². The molecule has 0 atom stereocenters. The SMILES string of the molecule is Cn1ccnc1C(=O)c1cn[nH]n1. The molecule has 0 aromatic carbocycles. The number of rotatable bonds is 2. The maximum Gasteiger partial charge on any atom is 0.250 e. The fraction of sp³-hybridized carbons (Fsp3) is 0.143. The Kier molecular flexibility index (Phi) is 1.66. The highest BCUT2D eigenvalue weighted by Crippen LogP contribution is 2.02. The molecule has 2 rings (SSSR count). The second kappa shape index (κ2) is 2.81. The van der Waals surface area contributed by atoms with Crippen LogP contribution in [0.5, 0.6) is 0 Å². The molecule has 0 radical (unpaired) electrons. The van der Waals surface area contributed by atoms with Crippen LogP contribution in [0.3, 0.4) is 0 Å². The summed E-state index contributed by atoms with van der Waals surface area (Å²) in [6, 6.07) is 0. The topological polar surface area (TPSA) is 76.5 Å². The monoisotopic (exact) mass is 177 g/mol. The van der Waals surface area contributed by atoms with Gasteiger partial charge in [-0.25, -0.2) is 4.98 Å². The van der Waals surface area contributed by atoms with Gasteiger partial charge in [0.2, 0.25) is 5.78 Å². The van der Waals surface area contributed by atoms with Gasteiger partial charge in [0.25, 0.3) is 0 Å². The highest BCUT2D eigenvalue weighted by molar-refractivity contribution is 6.04. The lowest BCUT2D eigenvalue weighted by atomic mass is 10.3. The van der Waals surface area contributed by atoms with E-state index in [1.807, 2.05) is 0 Å². The number of carbonyl (C=O) groups excluding carboxylic acids is 1. The van der Waals surface area contributed by atoms with Crippen LogP contribution in [0.2, 0.25) is 0 Å². The van der Waals surface area contributed by atoms with E-state index in [2.05, 4.69) is 20.4 Å². The van der Waals surface area contributed by atoms with Crippen molar-refractivity contribution in [3.63, 3.8) is 0 Å². The summed E-state index contributed by atoms with van der Waals surface area (Å²) in [7, 11) is 1.75. The van der Waals surface area contributed by atoms with Gasteiger partial charge in [0.05, 0.1) is 6.20 Å². The maximum atomic E-state index is 11.6. The van der Waals surface area contributed by atoms with Crippen LogP contribution in [0.15, 0.2) is 18.6 Å². The van der Waals surface area contributed by atoms with Crippen LogP contribution in [-0.2, 0) is 7.05 Å². The smallest absolute Gasteiger partial charge is 0.250 e. The Hall–Kier alpha value is -1.98. The molecule has 0 saturated heterocycles. The van der Waals surface area contributed by atoms with Gasteiger partial charge in [-0.05, 0) is 0 Å². The Morgan fingerprint density at radius 3 is 3.00 bits per heavy atom. The van der Waals surface area contributed by atoms with Crippen LogP contribution in [-0.4, -0.2) is 30.7 Å². The zero-order chi connectivity index (χ0) is 9.26. The quantitative estimate of drug-likeness (QED) is 0.643. The van der Waals surface area contributed by atoms with Gasteiger partial charge in [-0.15, -0.1) is 0 Å². The standard InChI is InChI=1S/C7H7N5O/c1-12-3-2-8-7(12)6(13)5-4-9-11-10-5/h2-4H,1H3,(H,9,10,11). The lowest BCUT2D eigenvalue weighted by molar-refractivity contribution is 0.102. The number of nitrogens with one attached hydrogen (secondary N) is 1. The van der Waals surface area contributed by atoms with Crippen molar-refractivity contribution in [1.82, 2.24) is 25.0 Å². The first-order chi connectivity index (χ1) is 6.29. The first-order valence-electron chi connectivity index (χ1n) is 3.67. The number of carbonyl (C=O) groups is 1. The van der Waals surface area contributed by atoms with E-state index in [4.69, 9.17) is 0 Å². The average Bonchev–Trinajstić information content (AvgIpc) is 2.72. The minimum atomic E-state index is -0.235. The van der Waals surface area contributed by atoms with Crippen LogP contribution >= 0.6 is 0 Å². The van der Waals surface area contributed by atoms with Gasteiger partial charge in [-0.1, -0.05) is 0 Å². The summed E-state index contributed by atoms with van der Waals surface area (Å²) in [6.07, 6.45) is 4.64. The summed E-state index contributed by atoms with van der Waals surface area (Å²) in [5, 5.41) is 9.60. The van der Waals surface area contributed by atoms with E-state index in [-0.39, 0.29) is 11.5 Å². The molecule has 0 saturated carbocycles. The summed E-state index contributed by atoms with van der Waals surface area (Å²) >= 11 is 0. The van der Waals surface area contributed by atoms with Crippen molar-refractivity contribution >= 4 is 5.78 Å². The number of ketones is 1. The number of imidazole rings is 1. The Labute approximate surface area is 73.6 Å². The number of hydrogen-bond acceptors (Lipinski definition) is 4. The molecule has 66 valence electrons. The van der Waals surface area contributed by atoms with Gasteiger partial charge >= 0.3 is 0 Å². The van der Waals surface area contributed by atoms with Gasteiger partial charge < -0.3 is 4.57 Å². The van der Waals surface area contributed by atoms with E-state index in [9.17, 15) is 4.79 Å². The second-order valence-corrected chi connectivity index (χ2v) is 2.55. The van der Waals surface area contributed by atoms with Gasteiger partial charge in [-0.3, -0.25) is 4.79 Å². The molecule has 0 aliphatic heterocycles. The first-order valence-corrected chi connectivity index (χ1v) is 3.67. The minimum absolute atomic E-state index is 0.235. The molecule has 0 aliphatic rings. The van der Waals surface area contributed by atoms with Crippen molar-refractivity contribution < 1.29 is 4.79 Å². The number of hydrogen-bond donors (Lipinski definition) is 1. The van der Waals surface area contributed by atoms with Gasteiger partial charge in [0.15, 0.2) is 11.5 Å². The normalized spacial score (nSPS) is 10.2. The fourth-order valence-corrected chi connectivity index (χ4v) is 1.01. The summed E-state index contributed by atoms with van der Waals surface area (Å²) in [4.78, 5) is 15.5. The van der Waals surface area contributed by atoms with Crippen LogP contribution < -0.4 is 0 Å². The van der Waals surface area contributed by atoms with E-state index in [0.717, 1.165) is 0 Å². The zero-order valence-electron chi connectivity index (χ0n) is 6.93. The summed E-state index contributed by atoms with van der Waals surface area (Å²) in [5.41, 5.74) is 0.273. The molecule has 0 amide bonds. The molecule has 6 nitrogen and oxygen atoms in total. The third-order valence-corrected chi connectivity index (χ3v) is 1.67. The second-order valence-electron chi connectivity index (χ2n) is 2.55. The minimum Gasteiger partial charge on any atom is -0.331 e. The highest BCUT2D eigenvalue weighted by Gasteiger charge is 2.15. The Morgan fingerprint density at radius 1 is 1.62 bits per heavy atom. The predicted molar refractivity (Wildman–Crippen MR) is 43.0 cm³/mol. The lowest BCUT2D eigenvalue weighted by Crippen LogP contribution is -2.08. The van der Waals surface area contributed by atoms with E-state index in [1.165, 1.54) is 6.20 Å². The molecule has 0 fully saturated rings. The molecule has 0 aliphatic carbocycles. The third-order valence-electron chi connectivity index (χ3n) is 1.67. The van der Waals surface area contributed by atoms with Crippen molar-refractivity contribution in [2.75, 3.05) is 0 Å². The van der Waals surface area contributed by atoms with E-state index < -0.39 is 0 Å². The molecule has 0 spiro atoms. The van der Waals surface area contributed by atoms with E-state index in [0.29, 0.717) is 5.82 Å². The molecular formula is C7H7N5O. The Bertz CT molecular complexity index is 416. The summed E-state index contributed by atoms with van der Waals surface area (Å²) in [5.74, 6) is 0.121. The summed E-state index contributed by atoms with van der Waals surface area (Å²) < 4.78 is 1.64. The van der Waals surface area contributed by atoms with E-state index >= 15 is 0 Å².